The summed E-state index contributed by atoms with van der Waals surface area (Å²) in [4.78, 5) is 12.8. The van der Waals surface area contributed by atoms with Crippen molar-refractivity contribution in [1.29, 1.82) is 0 Å². The largest absolute Gasteiger partial charge is 0.493 e. The number of nitrogens with zero attached hydrogens (tertiary/aromatic N) is 2. The number of hydrogen-bond acceptors (Lipinski definition) is 2. The predicted octanol–water partition coefficient (Wildman–Crippen LogP) is 4.74. The van der Waals surface area contributed by atoms with Crippen molar-refractivity contribution < 1.29 is 9.50 Å². The van der Waals surface area contributed by atoms with Crippen molar-refractivity contribution in [3.63, 3.8) is 0 Å². The third kappa shape index (κ3) is 2.72. The van der Waals surface area contributed by atoms with E-state index in [0.717, 1.165) is 11.1 Å². The van der Waals surface area contributed by atoms with Crippen LogP contribution in [0.25, 0.3) is 22.3 Å². The first-order valence-corrected chi connectivity index (χ1v) is 8.80. The van der Waals surface area contributed by atoms with Gasteiger partial charge in [-0.25, -0.2) is 13.8 Å². The van der Waals surface area contributed by atoms with Crippen molar-refractivity contribution in [2.75, 3.05) is 0 Å². The zero-order chi connectivity index (χ0) is 18.6. The minimum Gasteiger partial charge on any atom is -0.493 e. The third-order valence-electron chi connectivity index (χ3n) is 4.58. The molecule has 0 bridgehead atoms. The van der Waals surface area contributed by atoms with E-state index in [-0.39, 0.29) is 24.5 Å². The highest BCUT2D eigenvalue weighted by molar-refractivity contribution is 6.33. The van der Waals surface area contributed by atoms with Crippen LogP contribution >= 0.6 is 23.2 Å². The summed E-state index contributed by atoms with van der Waals surface area (Å²) in [7, 11) is 0. The number of aromatic nitrogens is 2. The number of benzene rings is 2. The molecule has 0 saturated carbocycles. The molecular formula is C19H15Cl2FN2O2. The van der Waals surface area contributed by atoms with Gasteiger partial charge >= 0.3 is 0 Å². The van der Waals surface area contributed by atoms with E-state index in [1.165, 1.54) is 16.3 Å². The molecule has 1 atom stereocenters. The van der Waals surface area contributed by atoms with Crippen molar-refractivity contribution in [3.8, 4) is 28.1 Å². The quantitative estimate of drug-likeness (QED) is 0.684. The van der Waals surface area contributed by atoms with Crippen LogP contribution in [-0.4, -0.2) is 20.1 Å². The Bertz CT molecular complexity index is 1070. The van der Waals surface area contributed by atoms with Gasteiger partial charge in [0.1, 0.15) is 11.2 Å². The van der Waals surface area contributed by atoms with Gasteiger partial charge in [0.25, 0.3) is 5.56 Å². The molecule has 4 rings (SSSR count). The fraction of sp³-hybridized carbons (Fsp3) is 0.211. The maximum Gasteiger partial charge on any atom is 0.278 e. The van der Waals surface area contributed by atoms with Gasteiger partial charge in [-0.2, -0.15) is 0 Å². The lowest BCUT2D eigenvalue weighted by molar-refractivity contribution is 0.180. The Balaban J connectivity index is 1.87. The molecule has 3 aromatic rings. The highest BCUT2D eigenvalue weighted by Crippen LogP contribution is 2.38. The number of rotatable bonds is 2. The van der Waals surface area contributed by atoms with Crippen molar-refractivity contribution in [3.05, 3.63) is 62.9 Å². The summed E-state index contributed by atoms with van der Waals surface area (Å²) in [6.45, 7) is 1.22. The molecule has 26 heavy (non-hydrogen) atoms. The van der Waals surface area contributed by atoms with Crippen LogP contribution in [0, 0.1) is 0 Å². The van der Waals surface area contributed by atoms with Gasteiger partial charge in [0.05, 0.1) is 13.1 Å². The topological polar surface area (TPSA) is 47.2 Å². The molecule has 2 heterocycles. The molecule has 0 saturated heterocycles. The Morgan fingerprint density at radius 1 is 1.04 bits per heavy atom. The van der Waals surface area contributed by atoms with Crippen LogP contribution in [0.3, 0.4) is 0 Å². The first-order valence-electron chi connectivity index (χ1n) is 8.04. The average molecular weight is 393 g/mol. The fourth-order valence-corrected chi connectivity index (χ4v) is 3.68. The van der Waals surface area contributed by atoms with Crippen LogP contribution in [0.1, 0.15) is 6.92 Å². The van der Waals surface area contributed by atoms with Crippen LogP contribution in [0.4, 0.5) is 4.39 Å². The molecule has 1 unspecified atom stereocenters. The molecule has 134 valence electrons. The molecule has 0 aliphatic carbocycles. The van der Waals surface area contributed by atoms with Gasteiger partial charge in [-0.3, -0.25) is 4.79 Å². The summed E-state index contributed by atoms with van der Waals surface area (Å²) in [6.07, 6.45) is 0. The molecular weight excluding hydrogens is 378 g/mol. The van der Waals surface area contributed by atoms with E-state index in [4.69, 9.17) is 23.2 Å². The second-order valence-corrected chi connectivity index (χ2v) is 7.58. The van der Waals surface area contributed by atoms with Gasteiger partial charge in [0, 0.05) is 15.6 Å². The monoisotopic (exact) mass is 392 g/mol. The van der Waals surface area contributed by atoms with Gasteiger partial charge < -0.3 is 5.11 Å². The summed E-state index contributed by atoms with van der Waals surface area (Å²) >= 11 is 12.2. The molecule has 0 fully saturated rings. The Kier molecular flexibility index (Phi) is 3.90. The first kappa shape index (κ1) is 17.2. The maximum absolute atomic E-state index is 14.2. The summed E-state index contributed by atoms with van der Waals surface area (Å²) in [6, 6.07) is 12.5. The van der Waals surface area contributed by atoms with Crippen molar-refractivity contribution in [1.82, 2.24) is 9.36 Å². The molecule has 2 aromatic carbocycles. The second kappa shape index (κ2) is 5.89. The lowest BCUT2D eigenvalue weighted by Crippen LogP contribution is -2.24. The Labute approximate surface area is 159 Å². The van der Waals surface area contributed by atoms with E-state index < -0.39 is 11.2 Å². The van der Waals surface area contributed by atoms with Gasteiger partial charge in [0.2, 0.25) is 5.88 Å². The number of hydrogen-bond donors (Lipinski definition) is 1. The molecule has 0 spiro atoms. The molecule has 7 heteroatoms. The molecule has 0 radical (unpaired) electrons. The van der Waals surface area contributed by atoms with Crippen LogP contribution in [0.15, 0.2) is 47.3 Å². The van der Waals surface area contributed by atoms with Crippen LogP contribution in [-0.2, 0) is 13.1 Å². The second-order valence-electron chi connectivity index (χ2n) is 6.73. The molecule has 1 aliphatic heterocycles. The van der Waals surface area contributed by atoms with E-state index in [9.17, 15) is 14.3 Å². The Morgan fingerprint density at radius 2 is 1.65 bits per heavy atom. The number of halogens is 3. The van der Waals surface area contributed by atoms with Gasteiger partial charge in [0.15, 0.2) is 0 Å². The number of alkyl halides is 1. The van der Waals surface area contributed by atoms with E-state index in [0.29, 0.717) is 15.6 Å². The number of fused-ring (bicyclic) bond motifs is 1. The lowest BCUT2D eigenvalue weighted by atomic mass is 10.00. The summed E-state index contributed by atoms with van der Waals surface area (Å²) < 4.78 is 16.7. The third-order valence-corrected chi connectivity index (χ3v) is 5.16. The first-order chi connectivity index (χ1) is 12.3. The minimum atomic E-state index is -1.57. The molecule has 4 nitrogen and oxygen atoms in total. The van der Waals surface area contributed by atoms with E-state index in [1.807, 2.05) is 18.2 Å². The zero-order valence-electron chi connectivity index (χ0n) is 13.8. The Hall–Kier alpha value is -2.24. The highest BCUT2D eigenvalue weighted by atomic mass is 35.5. The minimum absolute atomic E-state index is 0.0808. The highest BCUT2D eigenvalue weighted by Gasteiger charge is 2.38. The standard InChI is InChI=1S/C19H15Cl2FN2O2/c1-19(22)9-23-17(25)16(18(26)24(23)10-19)14-8-12(4-7-15(14)21)11-2-5-13(20)6-3-11/h2-8,25H,9-10H2,1H3. The summed E-state index contributed by atoms with van der Waals surface area (Å²) in [5.41, 5.74) is 0.197. The average Bonchev–Trinajstić information content (AvgIpc) is 3.02. The van der Waals surface area contributed by atoms with Crippen LogP contribution < -0.4 is 5.56 Å². The van der Waals surface area contributed by atoms with E-state index >= 15 is 0 Å². The van der Waals surface area contributed by atoms with Crippen molar-refractivity contribution >= 4 is 23.2 Å². The molecule has 0 amide bonds. The fourth-order valence-electron chi connectivity index (χ4n) is 3.34. The number of aromatic hydroxyl groups is 1. The molecule has 1 aromatic heterocycles. The van der Waals surface area contributed by atoms with Crippen molar-refractivity contribution in [2.24, 2.45) is 0 Å². The van der Waals surface area contributed by atoms with Crippen LogP contribution in [0.5, 0.6) is 5.88 Å². The van der Waals surface area contributed by atoms with Crippen molar-refractivity contribution in [2.45, 2.75) is 25.7 Å². The summed E-state index contributed by atoms with van der Waals surface area (Å²) in [5, 5.41) is 11.5. The molecule has 1 N–H and O–H groups in total. The zero-order valence-corrected chi connectivity index (χ0v) is 15.4. The smallest absolute Gasteiger partial charge is 0.278 e. The van der Waals surface area contributed by atoms with Crippen LogP contribution in [0.2, 0.25) is 10.0 Å². The van der Waals surface area contributed by atoms with E-state index in [2.05, 4.69) is 0 Å². The maximum atomic E-state index is 14.2. The summed E-state index contributed by atoms with van der Waals surface area (Å²) in [5.74, 6) is -0.272. The lowest BCUT2D eigenvalue weighted by Gasteiger charge is -2.11. The predicted molar refractivity (Wildman–Crippen MR) is 101 cm³/mol. The van der Waals surface area contributed by atoms with Gasteiger partial charge in [-0.1, -0.05) is 41.4 Å². The normalized spacial score (nSPS) is 18.9. The molecule has 1 aliphatic rings. The van der Waals surface area contributed by atoms with Gasteiger partial charge in [-0.05, 0) is 42.3 Å². The van der Waals surface area contributed by atoms with E-state index in [1.54, 1.807) is 24.3 Å². The Morgan fingerprint density at radius 3 is 2.31 bits per heavy atom. The van der Waals surface area contributed by atoms with Gasteiger partial charge in [-0.15, -0.1) is 0 Å². The SMILES string of the molecule is CC1(F)Cn2c(O)c(-c3cc(-c4ccc(Cl)cc4)ccc3Cl)c(=O)n2C1.